The number of aromatic nitrogens is 2. The summed E-state index contributed by atoms with van der Waals surface area (Å²) in [6.07, 6.45) is -0.164. The number of nitriles is 2. The zero-order chi connectivity index (χ0) is 26.2. The van der Waals surface area contributed by atoms with Gasteiger partial charge in [0, 0.05) is 36.8 Å². The Bertz CT molecular complexity index is 1430. The van der Waals surface area contributed by atoms with Crippen LogP contribution in [0, 0.1) is 22.7 Å². The van der Waals surface area contributed by atoms with Crippen LogP contribution < -0.4 is 15.4 Å². The van der Waals surface area contributed by atoms with E-state index in [2.05, 4.69) is 32.7 Å². The summed E-state index contributed by atoms with van der Waals surface area (Å²) < 4.78 is 20.4. The second kappa shape index (κ2) is 9.66. The number of likely N-dealkylation sites (N-methyl/N-ethyl adjacent to an activating group) is 1. The van der Waals surface area contributed by atoms with Crippen molar-refractivity contribution in [1.82, 2.24) is 14.9 Å². The highest BCUT2D eigenvalue weighted by molar-refractivity contribution is 5.76. The summed E-state index contributed by atoms with van der Waals surface area (Å²) in [6, 6.07) is 14.6. The molecule has 3 N–H and O–H groups in total. The predicted molar refractivity (Wildman–Crippen MR) is 136 cm³/mol. The molecule has 10 heteroatoms. The lowest BCUT2D eigenvalue weighted by molar-refractivity contribution is 0.140. The van der Waals surface area contributed by atoms with E-state index in [1.807, 2.05) is 24.9 Å². The molecule has 2 aromatic carbocycles. The number of ether oxygens (including phenoxy) is 1. The maximum Gasteiger partial charge on any atom is 0.227 e. The van der Waals surface area contributed by atoms with Crippen molar-refractivity contribution in [3.8, 4) is 29.1 Å². The molecular weight excluding hydrogens is 473 g/mol. The Hall–Kier alpha value is -4.25. The molecule has 9 nitrogen and oxygen atoms in total. The van der Waals surface area contributed by atoms with E-state index in [0.29, 0.717) is 53.5 Å². The average Bonchev–Trinajstić information content (AvgIpc) is 3.42. The van der Waals surface area contributed by atoms with Crippen LogP contribution in [0.3, 0.4) is 0 Å². The van der Waals surface area contributed by atoms with Gasteiger partial charge in [-0.3, -0.25) is 4.90 Å². The topological polar surface area (TPSA) is 130 Å². The van der Waals surface area contributed by atoms with E-state index in [1.165, 1.54) is 0 Å². The first kappa shape index (κ1) is 24.4. The number of likely N-dealkylation sites (tertiary alicyclic amines) is 1. The molecule has 0 aliphatic carbocycles. The van der Waals surface area contributed by atoms with Gasteiger partial charge in [-0.05, 0) is 49.0 Å². The highest BCUT2D eigenvalue weighted by Gasteiger charge is 2.36. The standard InChI is InChI=1S/C27H26FN7O2/c1-27(15-36)14-32-25-18(11-30)8-17(9-19(25)27)21-5-6-31-26(33-21)34-22-7-16(10-29)3-4-23(22)37-24-13-35(2)12-20(24)28/h3-9,20,24,32,36H,12-15H2,1-2H3,(H,31,33,34)/t20?,24?,27-/m1/s1. The number of alkyl halides is 1. The highest BCUT2D eigenvalue weighted by atomic mass is 19.1. The van der Waals surface area contributed by atoms with Gasteiger partial charge in [-0.2, -0.15) is 10.5 Å². The molecule has 3 aromatic rings. The fourth-order valence-corrected chi connectivity index (χ4v) is 4.75. The maximum absolute atomic E-state index is 14.4. The van der Waals surface area contributed by atoms with Crippen molar-refractivity contribution in [2.75, 3.05) is 43.9 Å². The SMILES string of the molecule is CN1CC(F)C(Oc2ccc(C#N)cc2Nc2nccc(-c3cc(C#N)c4c(c3)[C@@](C)(CO)CN4)n2)C1. The molecule has 0 spiro atoms. The molecule has 37 heavy (non-hydrogen) atoms. The summed E-state index contributed by atoms with van der Waals surface area (Å²) in [6.45, 7) is 3.16. The van der Waals surface area contributed by atoms with Crippen LogP contribution in [0.25, 0.3) is 11.3 Å². The van der Waals surface area contributed by atoms with Crippen LogP contribution in [-0.2, 0) is 5.41 Å². The summed E-state index contributed by atoms with van der Waals surface area (Å²) in [4.78, 5) is 10.8. The fraction of sp³-hybridized carbons (Fsp3) is 0.333. The van der Waals surface area contributed by atoms with E-state index in [-0.39, 0.29) is 12.6 Å². The Morgan fingerprint density at radius 2 is 2.08 bits per heavy atom. The smallest absolute Gasteiger partial charge is 0.227 e. The number of aliphatic hydroxyl groups excluding tert-OH is 1. The van der Waals surface area contributed by atoms with Gasteiger partial charge < -0.3 is 20.5 Å². The van der Waals surface area contributed by atoms with Crippen molar-refractivity contribution in [2.45, 2.75) is 24.6 Å². The van der Waals surface area contributed by atoms with Gasteiger partial charge in [-0.15, -0.1) is 0 Å². The number of nitrogens with zero attached hydrogens (tertiary/aromatic N) is 5. The number of hydrogen-bond donors (Lipinski definition) is 3. The zero-order valence-electron chi connectivity index (χ0n) is 20.5. The van der Waals surface area contributed by atoms with Crippen LogP contribution in [0.5, 0.6) is 5.75 Å². The molecular formula is C27H26FN7O2. The number of fused-ring (bicyclic) bond motifs is 1. The lowest BCUT2D eigenvalue weighted by Crippen LogP contribution is -2.28. The van der Waals surface area contributed by atoms with Gasteiger partial charge in [0.2, 0.25) is 5.95 Å². The third-order valence-electron chi connectivity index (χ3n) is 6.88. The predicted octanol–water partition coefficient (Wildman–Crippen LogP) is 3.34. The van der Waals surface area contributed by atoms with E-state index in [1.54, 1.807) is 36.5 Å². The van der Waals surface area contributed by atoms with Crippen molar-refractivity contribution < 1.29 is 14.2 Å². The van der Waals surface area contributed by atoms with Crippen molar-refractivity contribution in [2.24, 2.45) is 0 Å². The molecule has 2 aliphatic heterocycles. The van der Waals surface area contributed by atoms with Crippen LogP contribution in [0.15, 0.2) is 42.6 Å². The van der Waals surface area contributed by atoms with Crippen LogP contribution in [-0.4, -0.2) is 65.5 Å². The highest BCUT2D eigenvalue weighted by Crippen LogP contribution is 2.41. The summed E-state index contributed by atoms with van der Waals surface area (Å²) in [5.74, 6) is 0.643. The van der Waals surface area contributed by atoms with Crippen LogP contribution >= 0.6 is 0 Å². The molecule has 0 radical (unpaired) electrons. The normalized spacial score (nSPS) is 22.5. The molecule has 3 atom stereocenters. The van der Waals surface area contributed by atoms with Gasteiger partial charge in [0.25, 0.3) is 0 Å². The van der Waals surface area contributed by atoms with Crippen LogP contribution in [0.1, 0.15) is 23.6 Å². The van der Waals surface area contributed by atoms with Gasteiger partial charge >= 0.3 is 0 Å². The fourth-order valence-electron chi connectivity index (χ4n) is 4.75. The van der Waals surface area contributed by atoms with Crippen molar-refractivity contribution >= 4 is 17.3 Å². The first-order chi connectivity index (χ1) is 17.8. The number of rotatable bonds is 6. The second-order valence-corrected chi connectivity index (χ2v) is 9.74. The number of halogens is 1. The lowest BCUT2D eigenvalue weighted by atomic mass is 9.83. The Balaban J connectivity index is 1.48. The van der Waals surface area contributed by atoms with E-state index < -0.39 is 17.7 Å². The average molecular weight is 500 g/mol. The number of hydrogen-bond acceptors (Lipinski definition) is 9. The second-order valence-electron chi connectivity index (χ2n) is 9.74. The number of anilines is 3. The summed E-state index contributed by atoms with van der Waals surface area (Å²) in [7, 11) is 1.84. The molecule has 188 valence electrons. The molecule has 1 fully saturated rings. The molecule has 5 rings (SSSR count). The van der Waals surface area contributed by atoms with Gasteiger partial charge in [0.05, 0.1) is 40.9 Å². The van der Waals surface area contributed by atoms with E-state index in [4.69, 9.17) is 4.74 Å². The molecule has 0 amide bonds. The molecule has 0 bridgehead atoms. The molecule has 2 aliphatic rings. The third kappa shape index (κ3) is 4.65. The summed E-state index contributed by atoms with van der Waals surface area (Å²) >= 11 is 0. The monoisotopic (exact) mass is 499 g/mol. The first-order valence-corrected chi connectivity index (χ1v) is 11.9. The van der Waals surface area contributed by atoms with Crippen molar-refractivity contribution in [3.63, 3.8) is 0 Å². The zero-order valence-corrected chi connectivity index (χ0v) is 20.5. The Labute approximate surface area is 214 Å². The Morgan fingerprint density at radius 1 is 1.24 bits per heavy atom. The van der Waals surface area contributed by atoms with E-state index in [9.17, 15) is 20.0 Å². The Morgan fingerprint density at radius 3 is 2.78 bits per heavy atom. The third-order valence-corrected chi connectivity index (χ3v) is 6.88. The number of nitrogens with one attached hydrogen (secondary N) is 2. The lowest BCUT2D eigenvalue weighted by Gasteiger charge is -2.21. The number of aliphatic hydroxyl groups is 1. The molecule has 1 aromatic heterocycles. The van der Waals surface area contributed by atoms with Gasteiger partial charge in [-0.25, -0.2) is 14.4 Å². The van der Waals surface area contributed by atoms with Crippen LogP contribution in [0.4, 0.5) is 21.7 Å². The van der Waals surface area contributed by atoms with E-state index >= 15 is 0 Å². The molecule has 3 heterocycles. The van der Waals surface area contributed by atoms with Gasteiger partial charge in [-0.1, -0.05) is 6.92 Å². The minimum Gasteiger partial charge on any atom is -0.484 e. The van der Waals surface area contributed by atoms with E-state index in [0.717, 1.165) is 11.3 Å². The van der Waals surface area contributed by atoms with Gasteiger partial charge in [0.1, 0.15) is 17.9 Å². The molecule has 1 saturated heterocycles. The van der Waals surface area contributed by atoms with Crippen molar-refractivity contribution in [1.29, 1.82) is 10.5 Å². The Kier molecular flexibility index (Phi) is 6.38. The molecule has 2 unspecified atom stereocenters. The minimum absolute atomic E-state index is 0.0631. The van der Waals surface area contributed by atoms with Gasteiger partial charge in [0.15, 0.2) is 6.17 Å². The number of benzene rings is 2. The largest absolute Gasteiger partial charge is 0.484 e. The quantitative estimate of drug-likeness (QED) is 0.467. The van der Waals surface area contributed by atoms with Crippen molar-refractivity contribution in [3.05, 3.63) is 59.3 Å². The summed E-state index contributed by atoms with van der Waals surface area (Å²) in [5, 5.41) is 35.5. The first-order valence-electron chi connectivity index (χ1n) is 11.9. The van der Waals surface area contributed by atoms with Crippen LogP contribution in [0.2, 0.25) is 0 Å². The minimum atomic E-state index is -1.12. The maximum atomic E-state index is 14.4. The molecule has 0 saturated carbocycles. The summed E-state index contributed by atoms with van der Waals surface area (Å²) in [5.41, 5.74) is 3.67.